The first kappa shape index (κ1) is 21.8. The number of carbonyl (C=O) groups is 2. The molecule has 168 valence electrons. The lowest BCUT2D eigenvalue weighted by Gasteiger charge is -2.40. The first-order chi connectivity index (χ1) is 14.9. The normalized spacial score (nSPS) is 21.2. The summed E-state index contributed by atoms with van der Waals surface area (Å²) >= 11 is 0. The highest BCUT2D eigenvalue weighted by Gasteiger charge is 2.34. The number of aromatic amines is 1. The maximum Gasteiger partial charge on any atom is 0.252 e. The molecule has 0 radical (unpaired) electrons. The van der Waals surface area contributed by atoms with Crippen molar-refractivity contribution in [2.24, 2.45) is 11.8 Å². The van der Waals surface area contributed by atoms with Gasteiger partial charge in [0.2, 0.25) is 5.91 Å². The van der Waals surface area contributed by atoms with Crippen LogP contribution in [0.1, 0.15) is 43.0 Å². The molecule has 2 aliphatic heterocycles. The number of nitrogens with one attached hydrogen (secondary N) is 2. The van der Waals surface area contributed by atoms with Gasteiger partial charge in [0.25, 0.3) is 5.91 Å². The molecular weight excluding hydrogens is 392 g/mol. The highest BCUT2D eigenvalue weighted by molar-refractivity contribution is 6.00. The molecule has 2 atom stereocenters. The van der Waals surface area contributed by atoms with Crippen LogP contribution in [0.4, 0.5) is 0 Å². The van der Waals surface area contributed by atoms with E-state index >= 15 is 0 Å². The minimum absolute atomic E-state index is 0.189. The van der Waals surface area contributed by atoms with E-state index in [0.29, 0.717) is 24.6 Å². The number of hydrogen-bond acceptors (Lipinski definition) is 4. The zero-order chi connectivity index (χ0) is 22.0. The number of carbonyl (C=O) groups excluding carboxylic acids is 2. The molecule has 1 aromatic carbocycles. The molecule has 0 saturated carbocycles. The van der Waals surface area contributed by atoms with E-state index in [2.05, 4.69) is 22.2 Å². The minimum Gasteiger partial charge on any atom is -0.391 e. The van der Waals surface area contributed by atoms with Crippen LogP contribution in [0.15, 0.2) is 30.5 Å². The third-order valence-corrected chi connectivity index (χ3v) is 7.13. The summed E-state index contributed by atoms with van der Waals surface area (Å²) in [5.74, 6) is 0.886. The number of rotatable bonds is 5. The van der Waals surface area contributed by atoms with Gasteiger partial charge in [0, 0.05) is 30.4 Å². The topological polar surface area (TPSA) is 88.7 Å². The van der Waals surface area contributed by atoms with Crippen LogP contribution in [0, 0.1) is 11.8 Å². The molecule has 0 aliphatic carbocycles. The molecule has 2 aromatic rings. The molecule has 0 unspecified atom stereocenters. The van der Waals surface area contributed by atoms with Crippen LogP contribution in [0.5, 0.6) is 0 Å². The van der Waals surface area contributed by atoms with E-state index in [4.69, 9.17) is 0 Å². The van der Waals surface area contributed by atoms with Crippen LogP contribution in [-0.2, 0) is 4.79 Å². The summed E-state index contributed by atoms with van der Waals surface area (Å²) < 4.78 is 0. The molecular formula is C24H34N4O3. The summed E-state index contributed by atoms with van der Waals surface area (Å²) in [6, 6.07) is 6.37. The smallest absolute Gasteiger partial charge is 0.252 e. The lowest BCUT2D eigenvalue weighted by Crippen LogP contribution is -2.55. The van der Waals surface area contributed by atoms with Crippen molar-refractivity contribution in [3.05, 3.63) is 36.0 Å². The number of likely N-dealkylation sites (tertiary alicyclic amines) is 2. The Labute approximate surface area is 183 Å². The van der Waals surface area contributed by atoms with E-state index < -0.39 is 12.1 Å². The highest BCUT2D eigenvalue weighted by atomic mass is 16.3. The van der Waals surface area contributed by atoms with Crippen LogP contribution in [-0.4, -0.2) is 77.1 Å². The van der Waals surface area contributed by atoms with Crippen molar-refractivity contribution in [2.75, 3.05) is 33.2 Å². The second kappa shape index (κ2) is 9.40. The first-order valence-electron chi connectivity index (χ1n) is 11.5. The van der Waals surface area contributed by atoms with Crippen molar-refractivity contribution in [2.45, 2.75) is 44.8 Å². The van der Waals surface area contributed by atoms with E-state index in [9.17, 15) is 14.7 Å². The van der Waals surface area contributed by atoms with Gasteiger partial charge in [0.05, 0.1) is 6.10 Å². The van der Waals surface area contributed by atoms with Crippen molar-refractivity contribution in [3.63, 3.8) is 0 Å². The Hall–Kier alpha value is -2.38. The quantitative estimate of drug-likeness (QED) is 0.684. The zero-order valence-corrected chi connectivity index (χ0v) is 18.5. The van der Waals surface area contributed by atoms with E-state index in [1.807, 2.05) is 23.2 Å². The van der Waals surface area contributed by atoms with Crippen LogP contribution >= 0.6 is 0 Å². The van der Waals surface area contributed by atoms with E-state index in [0.717, 1.165) is 42.8 Å². The average molecular weight is 427 g/mol. The first-order valence-corrected chi connectivity index (χ1v) is 11.5. The molecule has 2 amide bonds. The number of fused-ring (bicyclic) bond motifs is 1. The molecule has 3 N–H and O–H groups in total. The van der Waals surface area contributed by atoms with Gasteiger partial charge in [0.1, 0.15) is 6.04 Å². The zero-order valence-electron chi connectivity index (χ0n) is 18.5. The van der Waals surface area contributed by atoms with Crippen molar-refractivity contribution in [1.82, 2.24) is 20.1 Å². The number of aliphatic hydroxyl groups is 1. The Morgan fingerprint density at radius 3 is 2.35 bits per heavy atom. The largest absolute Gasteiger partial charge is 0.391 e. The molecule has 0 spiro atoms. The molecule has 2 fully saturated rings. The maximum atomic E-state index is 13.1. The van der Waals surface area contributed by atoms with Crippen LogP contribution < -0.4 is 5.32 Å². The van der Waals surface area contributed by atoms with Gasteiger partial charge in [-0.1, -0.05) is 6.07 Å². The Morgan fingerprint density at radius 1 is 1.06 bits per heavy atom. The number of piperidine rings is 2. The minimum atomic E-state index is -0.961. The number of nitrogens with zero attached hydrogens (tertiary/aromatic N) is 2. The fourth-order valence-corrected chi connectivity index (χ4v) is 5.09. The van der Waals surface area contributed by atoms with Crippen LogP contribution in [0.2, 0.25) is 0 Å². The van der Waals surface area contributed by atoms with Crippen molar-refractivity contribution >= 4 is 22.7 Å². The number of aromatic nitrogens is 1. The monoisotopic (exact) mass is 426 g/mol. The van der Waals surface area contributed by atoms with Gasteiger partial charge < -0.3 is 25.2 Å². The number of H-pyrrole nitrogens is 1. The number of aliphatic hydroxyl groups excluding tert-OH is 1. The molecule has 31 heavy (non-hydrogen) atoms. The molecule has 2 aliphatic rings. The number of hydrogen-bond donors (Lipinski definition) is 3. The van der Waals surface area contributed by atoms with Crippen LogP contribution in [0.3, 0.4) is 0 Å². The van der Waals surface area contributed by atoms with Crippen molar-refractivity contribution in [1.29, 1.82) is 0 Å². The van der Waals surface area contributed by atoms with Gasteiger partial charge in [-0.2, -0.15) is 0 Å². The third-order valence-electron chi connectivity index (χ3n) is 7.13. The fraction of sp³-hybridized carbons (Fsp3) is 0.583. The molecule has 7 heteroatoms. The van der Waals surface area contributed by atoms with Gasteiger partial charge in [-0.15, -0.1) is 0 Å². The summed E-state index contributed by atoms with van der Waals surface area (Å²) in [7, 11) is 2.18. The maximum absolute atomic E-state index is 13.1. The Kier molecular flexibility index (Phi) is 6.62. The predicted molar refractivity (Wildman–Crippen MR) is 121 cm³/mol. The van der Waals surface area contributed by atoms with E-state index in [1.54, 1.807) is 19.1 Å². The van der Waals surface area contributed by atoms with Gasteiger partial charge in [-0.25, -0.2) is 0 Å². The summed E-state index contributed by atoms with van der Waals surface area (Å²) in [6.07, 6.45) is 5.36. The standard InChI is InChI=1S/C24H34N4O3/c1-16(29)22(26-23(30)20-4-3-19-5-10-25-21(19)15-20)24(31)28-13-8-18(9-14-28)17-6-11-27(2)12-7-17/h3-5,10,15-18,22,25,29H,6-9,11-14H2,1-2H3,(H,26,30)/t16-,22+/m1/s1. The van der Waals surface area contributed by atoms with E-state index in [1.165, 1.54) is 12.8 Å². The Balaban J connectivity index is 1.35. The highest BCUT2D eigenvalue weighted by Crippen LogP contribution is 2.32. The van der Waals surface area contributed by atoms with Crippen molar-refractivity contribution < 1.29 is 14.7 Å². The van der Waals surface area contributed by atoms with Gasteiger partial charge in [-0.05, 0) is 88.2 Å². The summed E-state index contributed by atoms with van der Waals surface area (Å²) in [5.41, 5.74) is 1.33. The lowest BCUT2D eigenvalue weighted by atomic mass is 9.79. The molecule has 2 saturated heterocycles. The SMILES string of the molecule is C[C@@H](O)[C@H](NC(=O)c1ccc2cc[nH]c2c1)C(=O)N1CCC(C2CCN(C)CC2)CC1. The second-order valence-electron chi connectivity index (χ2n) is 9.27. The fourth-order valence-electron chi connectivity index (χ4n) is 5.09. The van der Waals surface area contributed by atoms with Crippen molar-refractivity contribution in [3.8, 4) is 0 Å². The number of amides is 2. The summed E-state index contributed by atoms with van der Waals surface area (Å²) in [6.45, 7) is 5.28. The molecule has 4 rings (SSSR count). The molecule has 7 nitrogen and oxygen atoms in total. The average Bonchev–Trinajstić information content (AvgIpc) is 3.25. The summed E-state index contributed by atoms with van der Waals surface area (Å²) in [4.78, 5) is 33.2. The van der Waals surface area contributed by atoms with Gasteiger partial charge in [0.15, 0.2) is 0 Å². The number of benzene rings is 1. The molecule has 3 heterocycles. The second-order valence-corrected chi connectivity index (χ2v) is 9.27. The van der Waals surface area contributed by atoms with Gasteiger partial charge in [-0.3, -0.25) is 9.59 Å². The Morgan fingerprint density at radius 2 is 1.71 bits per heavy atom. The molecule has 0 bridgehead atoms. The van der Waals surface area contributed by atoms with Crippen LogP contribution in [0.25, 0.3) is 10.9 Å². The van der Waals surface area contributed by atoms with Gasteiger partial charge >= 0.3 is 0 Å². The Bertz CT molecular complexity index is 908. The molecule has 1 aromatic heterocycles. The lowest BCUT2D eigenvalue weighted by molar-refractivity contribution is -0.137. The third kappa shape index (κ3) is 4.93. The summed E-state index contributed by atoms with van der Waals surface area (Å²) in [5, 5.41) is 14.0. The predicted octanol–water partition coefficient (Wildman–Crippen LogP) is 2.23. The van der Waals surface area contributed by atoms with E-state index in [-0.39, 0.29) is 11.8 Å².